The highest BCUT2D eigenvalue weighted by molar-refractivity contribution is 6.42. The molecule has 2 saturated heterocycles. The number of nitrogens with zero attached hydrogens (tertiary/aromatic N) is 2. The highest BCUT2D eigenvalue weighted by atomic mass is 35.5. The molecule has 2 fully saturated rings. The number of hydrazine groups is 1. The lowest BCUT2D eigenvalue weighted by Crippen LogP contribution is -2.65. The molecule has 7 aromatic rings. The number of aromatic hydroxyl groups is 3. The van der Waals surface area contributed by atoms with E-state index in [2.05, 4.69) is 63.7 Å². The minimum atomic E-state index is -2.40. The van der Waals surface area contributed by atoms with Crippen LogP contribution in [-0.4, -0.2) is 226 Å². The van der Waals surface area contributed by atoms with E-state index in [9.17, 15) is 75.0 Å². The maximum atomic E-state index is 16.3. The molecule has 11 bridgehead atoms. The summed E-state index contributed by atoms with van der Waals surface area (Å²) in [5.74, 6) is -16.2. The number of aliphatic hydroxyl groups excluding tert-OH is 7. The normalized spacial score (nSPS) is 25.8. The minimum absolute atomic E-state index is 0.0433. The van der Waals surface area contributed by atoms with Gasteiger partial charge in [0, 0.05) is 55.0 Å². The van der Waals surface area contributed by atoms with Crippen LogP contribution >= 0.6 is 46.4 Å². The van der Waals surface area contributed by atoms with E-state index in [0.29, 0.717) is 10.6 Å². The molecular weight excluding hydrogens is 1740 g/mol. The molecule has 0 spiro atoms. The number of aromatic nitrogens is 2. The van der Waals surface area contributed by atoms with E-state index in [1.807, 2.05) is 13.8 Å². The summed E-state index contributed by atoms with van der Waals surface area (Å²) in [7, 11) is 1.46. The Hall–Kier alpha value is -11.1. The average molecular weight is 1830 g/mol. The number of aliphatic hydroxyl groups is 7. The van der Waals surface area contributed by atoms with Gasteiger partial charge >= 0.3 is 5.69 Å². The number of carbonyl (C=O) groups excluding carboxylic acids is 9. The molecule has 8 heterocycles. The Morgan fingerprint density at radius 2 is 1.35 bits per heavy atom. The second-order valence-corrected chi connectivity index (χ2v) is 32.7. The number of hydrogen-bond donors (Lipinski definition) is 22. The number of nitrogens with two attached hydrogens (primary N) is 1. The number of nitrogens with one attached hydrogen (secondary N) is 11. The topological polar surface area (TPSA) is 605 Å². The number of benzene rings is 6. The number of amides is 9. The number of phenols is 3. The van der Waals surface area contributed by atoms with Gasteiger partial charge in [-0.1, -0.05) is 84.5 Å². The van der Waals surface area contributed by atoms with E-state index in [-0.39, 0.29) is 78.1 Å². The molecule has 44 heteroatoms. The van der Waals surface area contributed by atoms with Gasteiger partial charge in [-0.05, 0) is 139 Å². The van der Waals surface area contributed by atoms with Crippen LogP contribution in [0.1, 0.15) is 111 Å². The van der Waals surface area contributed by atoms with E-state index in [1.54, 1.807) is 13.0 Å². The number of phenolic OH excluding ortho intramolecular Hbond substituents is 3. The Balaban J connectivity index is 0.998. The van der Waals surface area contributed by atoms with Gasteiger partial charge in [-0.15, -0.1) is 0 Å². The van der Waals surface area contributed by atoms with Gasteiger partial charge in [-0.3, -0.25) is 53.1 Å². The Bertz CT molecular complexity index is 5390. The summed E-state index contributed by atoms with van der Waals surface area (Å²) in [6, 6.07) is 5.46. The first-order valence-electron chi connectivity index (χ1n) is 39.5. The van der Waals surface area contributed by atoms with E-state index >= 15 is 24.0 Å². The molecule has 0 radical (unpaired) electrons. The van der Waals surface area contributed by atoms with Gasteiger partial charge in [0.15, 0.2) is 23.9 Å². The smallest absolute Gasteiger partial charge is 0.349 e. The highest BCUT2D eigenvalue weighted by Crippen LogP contribution is 2.50. The Kier molecular flexibility index (Phi) is 30.0. The Labute approximate surface area is 737 Å². The number of likely N-dealkylation sites (N-methyl/N-ethyl adjacent to an activating group) is 1. The van der Waals surface area contributed by atoms with Crippen molar-refractivity contribution in [2.45, 2.75) is 169 Å². The molecule has 7 aliphatic heterocycles. The van der Waals surface area contributed by atoms with E-state index in [1.165, 1.54) is 55.1 Å². The molecule has 7 aliphatic rings. The summed E-state index contributed by atoms with van der Waals surface area (Å²) in [4.78, 5) is 150. The van der Waals surface area contributed by atoms with Crippen LogP contribution in [-0.2, 0) is 70.3 Å². The third-order valence-electron chi connectivity index (χ3n) is 21.6. The van der Waals surface area contributed by atoms with Crippen molar-refractivity contribution in [2.24, 2.45) is 11.7 Å². The molecule has 1 aromatic heterocycles. The van der Waals surface area contributed by atoms with Crippen LogP contribution < -0.4 is 84.3 Å². The largest absolute Gasteiger partial charge is 0.508 e. The number of fused-ring (bicyclic) bond motifs is 15. The van der Waals surface area contributed by atoms with Crippen LogP contribution in [0.15, 0.2) is 114 Å². The van der Waals surface area contributed by atoms with Crippen molar-refractivity contribution >= 4 is 105 Å². The molecule has 0 saturated carbocycles. The fourth-order valence-electron chi connectivity index (χ4n) is 15.1. The summed E-state index contributed by atoms with van der Waals surface area (Å²) >= 11 is 26.5. The lowest BCUT2D eigenvalue weighted by Gasteiger charge is -2.48. The predicted octanol–water partition coefficient (Wildman–Crippen LogP) is 1.01. The Morgan fingerprint density at radius 3 is 1.98 bits per heavy atom. The minimum Gasteiger partial charge on any atom is -0.508 e. The van der Waals surface area contributed by atoms with Crippen molar-refractivity contribution in [1.82, 2.24) is 62.9 Å². The fourth-order valence-corrected chi connectivity index (χ4v) is 15.9. The summed E-state index contributed by atoms with van der Waals surface area (Å²) in [6.45, 7) is 4.76. The first-order chi connectivity index (χ1) is 59.8. The molecule has 40 nitrogen and oxygen atoms in total. The van der Waals surface area contributed by atoms with Crippen LogP contribution in [0.3, 0.4) is 0 Å². The third kappa shape index (κ3) is 21.4. The van der Waals surface area contributed by atoms with Gasteiger partial charge < -0.3 is 133 Å². The maximum absolute atomic E-state index is 16.3. The van der Waals surface area contributed by atoms with Crippen molar-refractivity contribution < 1.29 is 123 Å². The first kappa shape index (κ1) is 94.0. The predicted molar refractivity (Wildman–Crippen MR) is 446 cm³/mol. The number of anilines is 1. The fraction of sp³-hybridized carbons (Fsp3) is 0.402. The Morgan fingerprint density at radius 1 is 0.690 bits per heavy atom. The zero-order valence-electron chi connectivity index (χ0n) is 67.6. The second-order valence-electron chi connectivity index (χ2n) is 31.1. The molecule has 18 atom stereocenters. The van der Waals surface area contributed by atoms with Gasteiger partial charge in [0.1, 0.15) is 101 Å². The van der Waals surface area contributed by atoms with E-state index in [4.69, 9.17) is 80.6 Å². The van der Waals surface area contributed by atoms with Crippen molar-refractivity contribution in [1.29, 1.82) is 0 Å². The number of hydrogen-bond acceptors (Lipinski definition) is 30. The van der Waals surface area contributed by atoms with Crippen LogP contribution in [0, 0.1) is 5.92 Å². The zero-order chi connectivity index (χ0) is 91.2. The maximum Gasteiger partial charge on any atom is 0.349 e. The van der Waals surface area contributed by atoms with Crippen LogP contribution in [0.25, 0.3) is 11.1 Å². The standard InChI is InChI=1S/C82H92Cl4N14O26/c1-33(2)20-47(88-5)73(113)97-64-66(108)37-8-12-51(45(85)24-37)122-53-26-39-27-54(70(53)126-80-71(69(111)68(110)55(32-102)124-80)125-59-31-82(4,72(112)34(3)121-59)89-15-18-100-17-14-57(93-81(100)120)92-58(107)22-35-6-10-43(83)44(84)21-35)123-52-13-9-38(25-46(52)86)67(109)65-78(118)96-63(79(119)99-90-16-19-101)42-28-40(103)29-50(105)60(42)41-23-36(7-11-49(41)104)61(75(115)98-65)95-76(116)62(39)94-74(114)48(30-56(87)106)91-77(64)117/h6-14,17,21,23-29,33-34,47-48,55,59,61-69,71-72,80,88-90,101-105,108-112H,15-16,18-20,22,30-32H2,1-5H3,(H2,87,106)(H,91,117)(H,94,114)(H,95,116)(H,96,118)(H,97,113)(H,98,115)(H,99,119)(H,92,93,107,120)/t34?,47?,48?,55?,59?,61?,62?,63-,64?,65?,66?,67?,68?,69?,71?,72?,80?,82-/m1/s1. The average Bonchev–Trinajstić information content (AvgIpc) is 0.765. The molecule has 9 amide bonds. The van der Waals surface area contributed by atoms with Crippen molar-refractivity contribution in [2.75, 3.05) is 38.7 Å². The quantitative estimate of drug-likeness (QED) is 0.0314. The summed E-state index contributed by atoms with van der Waals surface area (Å²) < 4.78 is 40.6. The summed E-state index contributed by atoms with van der Waals surface area (Å²) in [5, 5.41) is 140. The molecule has 126 heavy (non-hydrogen) atoms. The SMILES string of the molecule is CNC(CC(C)C)C(=O)NC1C(=O)NC(CC(N)=O)C(=O)NC2C(=O)NC3C(=O)NC(C(=O)N[C@@H](C(=O)NNCCO)c4cc(O)cc(O)c4-c4cc3ccc4O)C(O)c3ccc(c(Cl)c3)Oc3cc2cc(c3OC2OC(CO)C(O)C(O)C2OC2C[C@@](C)(NCCn3ccc(NC(=O)Cc4ccc(Cl)c(Cl)c4)nc3=O)C(O)C(C)O2)Oc2ccc(cc2Cl)C1O. The number of ether oxygens (including phenoxy) is 6. The molecule has 0 aliphatic carbocycles. The monoisotopic (exact) mass is 1830 g/mol. The van der Waals surface area contributed by atoms with E-state index < -0.39 is 260 Å². The van der Waals surface area contributed by atoms with E-state index in [0.717, 1.165) is 66.7 Å². The summed E-state index contributed by atoms with van der Waals surface area (Å²) in [5.41, 5.74) is 6.15. The highest BCUT2D eigenvalue weighted by Gasteiger charge is 2.52. The van der Waals surface area contributed by atoms with Gasteiger partial charge in [0.25, 0.3) is 5.91 Å². The first-order valence-corrected chi connectivity index (χ1v) is 41.0. The van der Waals surface area contributed by atoms with Gasteiger partial charge in [0.2, 0.25) is 59.3 Å². The molecule has 6 aromatic carbocycles. The molecular formula is C82H92Cl4N14O26. The van der Waals surface area contributed by atoms with Crippen molar-refractivity contribution in [3.8, 4) is 57.1 Å². The van der Waals surface area contributed by atoms with Gasteiger partial charge in [-0.2, -0.15) is 4.98 Å². The van der Waals surface area contributed by atoms with Crippen LogP contribution in [0.5, 0.6) is 46.0 Å². The number of carbonyl (C=O) groups is 9. The second kappa shape index (κ2) is 40.2. The van der Waals surface area contributed by atoms with Crippen molar-refractivity contribution in [3.05, 3.63) is 173 Å². The lowest BCUT2D eigenvalue weighted by molar-refractivity contribution is -0.334. The van der Waals surface area contributed by atoms with Gasteiger partial charge in [0.05, 0.1) is 64.4 Å². The lowest BCUT2D eigenvalue weighted by atomic mass is 9.85. The number of primary amides is 1. The number of rotatable bonds is 23. The molecule has 16 unspecified atom stereocenters. The van der Waals surface area contributed by atoms with Crippen LogP contribution in [0.4, 0.5) is 5.82 Å². The van der Waals surface area contributed by atoms with Crippen molar-refractivity contribution in [3.63, 3.8) is 0 Å². The van der Waals surface area contributed by atoms with Gasteiger partial charge in [-0.25, -0.2) is 10.2 Å². The third-order valence-corrected chi connectivity index (χ3v) is 22.9. The molecule has 14 rings (SSSR count). The number of halogens is 4. The zero-order valence-corrected chi connectivity index (χ0v) is 70.7. The van der Waals surface area contributed by atoms with Crippen LogP contribution in [0.2, 0.25) is 20.1 Å². The molecule has 23 N–H and O–H groups in total. The molecule has 674 valence electrons. The summed E-state index contributed by atoms with van der Waals surface area (Å²) in [6.07, 6.45) is -18.3.